The summed E-state index contributed by atoms with van der Waals surface area (Å²) in [5.74, 6) is -0.572. The maximum absolute atomic E-state index is 12.0. The van der Waals surface area contributed by atoms with Crippen molar-refractivity contribution in [2.45, 2.75) is 0 Å². The fourth-order valence-electron chi connectivity index (χ4n) is 2.23. The van der Waals surface area contributed by atoms with Crippen molar-refractivity contribution in [2.75, 3.05) is 5.32 Å². The number of nitrogens with zero attached hydrogens (tertiary/aromatic N) is 1. The van der Waals surface area contributed by atoms with Crippen LogP contribution in [0.25, 0.3) is 11.3 Å². The molecule has 0 aliphatic rings. The Kier molecular flexibility index (Phi) is 5.06. The first kappa shape index (κ1) is 16.7. The van der Waals surface area contributed by atoms with Crippen LogP contribution in [0, 0.1) is 0 Å². The lowest BCUT2D eigenvalue weighted by molar-refractivity contribution is 0.0967. The number of hydrogen-bond donors (Lipinski definition) is 2. The van der Waals surface area contributed by atoms with Gasteiger partial charge in [0.2, 0.25) is 0 Å². The van der Waals surface area contributed by atoms with Gasteiger partial charge in [0.1, 0.15) is 0 Å². The number of urea groups is 1. The maximum atomic E-state index is 12.0. The fraction of sp³-hybridized carbons (Fsp3) is 0. The summed E-state index contributed by atoms with van der Waals surface area (Å²) in [5.41, 5.74) is 2.48. The minimum absolute atomic E-state index is 0.233. The first-order valence-corrected chi connectivity index (χ1v) is 7.89. The van der Waals surface area contributed by atoms with E-state index < -0.39 is 11.9 Å². The van der Waals surface area contributed by atoms with Gasteiger partial charge >= 0.3 is 6.03 Å². The summed E-state index contributed by atoms with van der Waals surface area (Å²) >= 11 is 5.94. The Labute approximate surface area is 149 Å². The minimum Gasteiger partial charge on any atom is -0.306 e. The van der Waals surface area contributed by atoms with Gasteiger partial charge in [0.15, 0.2) is 0 Å². The van der Waals surface area contributed by atoms with Gasteiger partial charge in [-0.15, -0.1) is 0 Å². The number of hydrogen-bond acceptors (Lipinski definition) is 3. The van der Waals surface area contributed by atoms with Crippen molar-refractivity contribution < 1.29 is 9.59 Å². The monoisotopic (exact) mass is 351 g/mol. The Balaban J connectivity index is 1.63. The Bertz CT molecular complexity index is 896. The molecule has 2 N–H and O–H groups in total. The average Bonchev–Trinajstić information content (AvgIpc) is 2.63. The van der Waals surface area contributed by atoms with Gasteiger partial charge in [-0.05, 0) is 24.3 Å². The molecule has 0 radical (unpaired) electrons. The van der Waals surface area contributed by atoms with Crippen molar-refractivity contribution in [3.8, 4) is 11.3 Å². The number of imide groups is 1. The molecule has 124 valence electrons. The van der Waals surface area contributed by atoms with Crippen molar-refractivity contribution in [3.63, 3.8) is 0 Å². The standard InChI is InChI=1S/C19H14ClN3O2/c20-16-9-5-4-8-15(16)18(24)23-19(25)22-14-10-11-17(21-12-14)13-6-2-1-3-7-13/h1-12H,(H2,22,23,24,25). The van der Waals surface area contributed by atoms with Crippen LogP contribution in [0.1, 0.15) is 10.4 Å². The van der Waals surface area contributed by atoms with Gasteiger partial charge in [-0.25, -0.2) is 4.79 Å². The van der Waals surface area contributed by atoms with Crippen molar-refractivity contribution in [3.05, 3.63) is 83.5 Å². The zero-order chi connectivity index (χ0) is 17.6. The van der Waals surface area contributed by atoms with Crippen molar-refractivity contribution in [1.82, 2.24) is 10.3 Å². The summed E-state index contributed by atoms with van der Waals surface area (Å²) in [6.45, 7) is 0. The normalized spacial score (nSPS) is 10.1. The molecule has 25 heavy (non-hydrogen) atoms. The number of carbonyl (C=O) groups excluding carboxylic acids is 2. The molecule has 0 aliphatic heterocycles. The second-order valence-electron chi connectivity index (χ2n) is 5.19. The molecular formula is C19H14ClN3O2. The lowest BCUT2D eigenvalue weighted by Crippen LogP contribution is -2.34. The minimum atomic E-state index is -0.654. The van der Waals surface area contributed by atoms with E-state index in [1.807, 2.05) is 30.3 Å². The average molecular weight is 352 g/mol. The number of carbonyl (C=O) groups is 2. The molecule has 1 aromatic heterocycles. The molecule has 1 heterocycles. The molecule has 3 rings (SSSR count). The van der Waals surface area contributed by atoms with Crippen LogP contribution in [-0.2, 0) is 0 Å². The van der Waals surface area contributed by atoms with E-state index in [0.717, 1.165) is 11.3 Å². The molecule has 2 aromatic carbocycles. The lowest BCUT2D eigenvalue weighted by atomic mass is 10.1. The number of anilines is 1. The van der Waals surface area contributed by atoms with E-state index in [-0.39, 0.29) is 10.6 Å². The highest BCUT2D eigenvalue weighted by Gasteiger charge is 2.13. The quantitative estimate of drug-likeness (QED) is 0.736. The van der Waals surface area contributed by atoms with Crippen molar-refractivity contribution >= 4 is 29.2 Å². The molecular weight excluding hydrogens is 338 g/mol. The van der Waals surface area contributed by atoms with Gasteiger partial charge in [0.25, 0.3) is 5.91 Å². The number of benzene rings is 2. The van der Waals surface area contributed by atoms with E-state index >= 15 is 0 Å². The molecule has 0 unspecified atom stereocenters. The van der Waals surface area contributed by atoms with Crippen LogP contribution in [0.15, 0.2) is 72.9 Å². The largest absolute Gasteiger partial charge is 0.326 e. The second-order valence-corrected chi connectivity index (χ2v) is 5.59. The number of aromatic nitrogens is 1. The zero-order valence-corrected chi connectivity index (χ0v) is 13.8. The molecule has 3 amide bonds. The van der Waals surface area contributed by atoms with Crippen LogP contribution in [-0.4, -0.2) is 16.9 Å². The van der Waals surface area contributed by atoms with Gasteiger partial charge < -0.3 is 5.32 Å². The molecule has 0 atom stereocenters. The molecule has 0 fully saturated rings. The summed E-state index contributed by atoms with van der Waals surface area (Å²) in [6, 6.07) is 19.0. The second kappa shape index (κ2) is 7.59. The van der Waals surface area contributed by atoms with E-state index in [4.69, 9.17) is 11.6 Å². The Morgan fingerprint density at radius 1 is 0.880 bits per heavy atom. The van der Waals surface area contributed by atoms with Crippen molar-refractivity contribution in [2.24, 2.45) is 0 Å². The molecule has 0 saturated carbocycles. The molecule has 0 bridgehead atoms. The highest BCUT2D eigenvalue weighted by molar-refractivity contribution is 6.34. The molecule has 3 aromatic rings. The number of pyridine rings is 1. The zero-order valence-electron chi connectivity index (χ0n) is 13.1. The van der Waals surface area contributed by atoms with Crippen LogP contribution in [0.3, 0.4) is 0 Å². The van der Waals surface area contributed by atoms with E-state index in [2.05, 4.69) is 15.6 Å². The first-order chi connectivity index (χ1) is 12.1. The smallest absolute Gasteiger partial charge is 0.306 e. The van der Waals surface area contributed by atoms with E-state index in [1.165, 1.54) is 6.20 Å². The van der Waals surface area contributed by atoms with Crippen LogP contribution < -0.4 is 10.6 Å². The Morgan fingerprint density at radius 3 is 2.28 bits per heavy atom. The van der Waals surface area contributed by atoms with Gasteiger partial charge in [0, 0.05) is 5.56 Å². The summed E-state index contributed by atoms with van der Waals surface area (Å²) in [7, 11) is 0. The summed E-state index contributed by atoms with van der Waals surface area (Å²) < 4.78 is 0. The van der Waals surface area contributed by atoms with Crippen molar-refractivity contribution in [1.29, 1.82) is 0 Å². The lowest BCUT2D eigenvalue weighted by Gasteiger charge is -2.08. The summed E-state index contributed by atoms with van der Waals surface area (Å²) in [6.07, 6.45) is 1.53. The van der Waals surface area contributed by atoms with Crippen LogP contribution in [0.2, 0.25) is 5.02 Å². The van der Waals surface area contributed by atoms with Gasteiger partial charge in [-0.1, -0.05) is 54.1 Å². The fourth-order valence-corrected chi connectivity index (χ4v) is 2.45. The SMILES string of the molecule is O=C(NC(=O)c1ccccc1Cl)Nc1ccc(-c2ccccc2)nc1. The van der Waals surface area contributed by atoms with E-state index in [9.17, 15) is 9.59 Å². The topological polar surface area (TPSA) is 71.1 Å². The van der Waals surface area contributed by atoms with Gasteiger partial charge in [-0.2, -0.15) is 0 Å². The predicted molar refractivity (Wildman–Crippen MR) is 97.6 cm³/mol. The van der Waals surface area contributed by atoms with Gasteiger partial charge in [-0.3, -0.25) is 15.1 Å². The molecule has 6 heteroatoms. The number of rotatable bonds is 3. The molecule has 0 saturated heterocycles. The van der Waals surface area contributed by atoms with Gasteiger partial charge in [0.05, 0.1) is 28.2 Å². The molecule has 5 nitrogen and oxygen atoms in total. The Morgan fingerprint density at radius 2 is 1.60 bits per heavy atom. The van der Waals surface area contributed by atoms with E-state index in [1.54, 1.807) is 36.4 Å². The summed E-state index contributed by atoms with van der Waals surface area (Å²) in [5, 5.41) is 5.07. The maximum Gasteiger partial charge on any atom is 0.326 e. The van der Waals surface area contributed by atoms with Crippen LogP contribution in [0.5, 0.6) is 0 Å². The number of halogens is 1. The van der Waals surface area contributed by atoms with E-state index in [0.29, 0.717) is 5.69 Å². The first-order valence-electron chi connectivity index (χ1n) is 7.52. The molecule has 0 spiro atoms. The third-order valence-electron chi connectivity index (χ3n) is 3.44. The molecule has 0 aliphatic carbocycles. The Hall–Kier alpha value is -3.18. The highest BCUT2D eigenvalue weighted by atomic mass is 35.5. The third-order valence-corrected chi connectivity index (χ3v) is 3.77. The number of nitrogens with one attached hydrogen (secondary N) is 2. The van der Waals surface area contributed by atoms with Crippen LogP contribution >= 0.6 is 11.6 Å². The highest BCUT2D eigenvalue weighted by Crippen LogP contribution is 2.18. The van der Waals surface area contributed by atoms with Crippen LogP contribution in [0.4, 0.5) is 10.5 Å². The predicted octanol–water partition coefficient (Wildman–Crippen LogP) is 4.36. The number of amides is 3. The third kappa shape index (κ3) is 4.22. The summed E-state index contributed by atoms with van der Waals surface area (Å²) in [4.78, 5) is 28.3.